The molecule has 0 spiro atoms. The molecule has 3 saturated carbocycles. The molecule has 292 valence electrons. The van der Waals surface area contributed by atoms with Crippen LogP contribution >= 0.6 is 0 Å². The molecule has 51 heavy (non-hydrogen) atoms. The summed E-state index contributed by atoms with van der Waals surface area (Å²) in [6.07, 6.45) is -3.89. The Kier molecular flexibility index (Phi) is 13.9. The molecule has 0 bridgehead atoms. The van der Waals surface area contributed by atoms with Crippen molar-refractivity contribution in [2.24, 2.45) is 52.9 Å². The second-order valence-corrected chi connectivity index (χ2v) is 15.7. The van der Waals surface area contributed by atoms with Gasteiger partial charge < -0.3 is 50.2 Å². The molecule has 5 aliphatic rings. The number of unbranched alkanes of at least 4 members (excludes halogenated alkanes) is 1. The molecule has 16 atom stereocenters. The van der Waals surface area contributed by atoms with Gasteiger partial charge in [0, 0.05) is 44.3 Å². The maximum atomic E-state index is 14.6. The SMILES string of the molecule is C[NH+]=C(N)NCC1C(CCCCO)CC2C(=O)C3CC(OC)CC(O[C@H]4O[C@H](CO)[C@](O)(CCC5CC[NH2+]C(N)C5)[C@H](O)[C@H]4O)C3C(=O)C2C1O. The number of carbonyl (C=O) groups excluding carboxylic acids is 2. The molecular formula is C35H63N5O11+2. The number of methoxy groups -OCH3 is 1. The van der Waals surface area contributed by atoms with Gasteiger partial charge in [-0.25, -0.2) is 0 Å². The van der Waals surface area contributed by atoms with Crippen LogP contribution in [-0.4, -0.2) is 143 Å². The first-order valence-corrected chi connectivity index (χ1v) is 18.9. The van der Waals surface area contributed by atoms with E-state index in [2.05, 4.69) is 15.6 Å². The van der Waals surface area contributed by atoms with Gasteiger partial charge in [-0.05, 0) is 56.8 Å². The van der Waals surface area contributed by atoms with Gasteiger partial charge >= 0.3 is 5.96 Å². The molecule has 3 aliphatic carbocycles. The number of piperidine rings is 1. The van der Waals surface area contributed by atoms with E-state index in [0.29, 0.717) is 38.1 Å². The molecule has 16 nitrogen and oxygen atoms in total. The van der Waals surface area contributed by atoms with Gasteiger partial charge in [0.25, 0.3) is 0 Å². The summed E-state index contributed by atoms with van der Waals surface area (Å²) in [6, 6.07) is 0. The van der Waals surface area contributed by atoms with Gasteiger partial charge in [0.05, 0.1) is 56.9 Å². The lowest BCUT2D eigenvalue weighted by atomic mass is 9.53. The van der Waals surface area contributed by atoms with Crippen molar-refractivity contribution < 1.29 is 64.7 Å². The first-order chi connectivity index (χ1) is 24.4. The first kappa shape index (κ1) is 40.4. The summed E-state index contributed by atoms with van der Waals surface area (Å²) in [7, 11) is 3.18. The third-order valence-electron chi connectivity index (χ3n) is 12.8. The van der Waals surface area contributed by atoms with Crippen LogP contribution in [0.25, 0.3) is 0 Å². The highest BCUT2D eigenvalue weighted by Gasteiger charge is 2.62. The zero-order chi connectivity index (χ0) is 37.0. The minimum Gasteiger partial charge on any atom is -0.396 e. The van der Waals surface area contributed by atoms with Crippen LogP contribution in [0.15, 0.2) is 0 Å². The number of aliphatic hydroxyl groups is 6. The van der Waals surface area contributed by atoms with Gasteiger partial charge in [0.2, 0.25) is 0 Å². The molecule has 0 aromatic heterocycles. The maximum absolute atomic E-state index is 14.6. The minimum absolute atomic E-state index is 0.0368. The zero-order valence-electron chi connectivity index (χ0n) is 30.0. The van der Waals surface area contributed by atoms with E-state index in [1.54, 1.807) is 7.05 Å². The number of ketones is 2. The number of carbonyl (C=O) groups is 2. The molecule has 5 rings (SSSR count). The highest BCUT2D eigenvalue weighted by Crippen LogP contribution is 2.51. The zero-order valence-corrected chi connectivity index (χ0v) is 30.0. The molecule has 2 saturated heterocycles. The number of Topliss-reactive ketones (excluding diaryl/α,β-unsaturated/α-hetero) is 2. The number of hydrogen-bond acceptors (Lipinski definition) is 12. The van der Waals surface area contributed by atoms with E-state index in [-0.39, 0.29) is 62.0 Å². The van der Waals surface area contributed by atoms with E-state index in [9.17, 15) is 40.2 Å². The molecule has 0 aromatic rings. The van der Waals surface area contributed by atoms with Crippen molar-refractivity contribution in [3.8, 4) is 0 Å². The molecule has 0 amide bonds. The van der Waals surface area contributed by atoms with E-state index in [1.807, 2.05) is 0 Å². The van der Waals surface area contributed by atoms with E-state index >= 15 is 0 Å². The number of aliphatic hydroxyl groups excluding tert-OH is 5. The molecule has 5 fully saturated rings. The van der Waals surface area contributed by atoms with Gasteiger partial charge in [-0.3, -0.25) is 31.4 Å². The van der Waals surface area contributed by atoms with E-state index in [0.717, 1.165) is 19.4 Å². The van der Waals surface area contributed by atoms with Crippen LogP contribution in [0.3, 0.4) is 0 Å². The molecule has 16 heteroatoms. The van der Waals surface area contributed by atoms with Crippen LogP contribution in [0.1, 0.15) is 64.2 Å². The summed E-state index contributed by atoms with van der Waals surface area (Å²) in [4.78, 5) is 31.7. The van der Waals surface area contributed by atoms with Crippen LogP contribution in [-0.2, 0) is 23.8 Å². The Balaban J connectivity index is 1.35. The maximum Gasteiger partial charge on any atom is 0.340 e. The van der Waals surface area contributed by atoms with Crippen molar-refractivity contribution in [3.05, 3.63) is 0 Å². The largest absolute Gasteiger partial charge is 0.396 e. The molecule has 2 aliphatic heterocycles. The van der Waals surface area contributed by atoms with E-state index < -0.39 is 84.7 Å². The van der Waals surface area contributed by atoms with Crippen LogP contribution < -0.4 is 27.1 Å². The number of fused-ring (bicyclic) bond motifs is 2. The topological polar surface area (TPSA) is 278 Å². The number of guanidine groups is 1. The molecule has 0 radical (unpaired) electrons. The van der Waals surface area contributed by atoms with Crippen molar-refractivity contribution in [2.45, 2.75) is 119 Å². The van der Waals surface area contributed by atoms with Crippen molar-refractivity contribution in [1.82, 2.24) is 5.32 Å². The lowest BCUT2D eigenvalue weighted by molar-refractivity contribution is -0.699. The number of nitrogens with two attached hydrogens (primary N) is 3. The van der Waals surface area contributed by atoms with Gasteiger partial charge in [-0.2, -0.15) is 0 Å². The van der Waals surface area contributed by atoms with Gasteiger partial charge in [-0.15, -0.1) is 0 Å². The van der Waals surface area contributed by atoms with Crippen molar-refractivity contribution in [3.63, 3.8) is 0 Å². The number of quaternary nitrogens is 1. The number of ether oxygens (including phenoxy) is 3. The Bertz CT molecular complexity index is 1210. The Morgan fingerprint density at radius 3 is 2.45 bits per heavy atom. The van der Waals surface area contributed by atoms with Crippen LogP contribution in [0.5, 0.6) is 0 Å². The van der Waals surface area contributed by atoms with Crippen LogP contribution in [0.2, 0.25) is 0 Å². The van der Waals surface area contributed by atoms with Gasteiger partial charge in [0.15, 0.2) is 6.29 Å². The monoisotopic (exact) mass is 729 g/mol. The number of nitrogens with one attached hydrogen (secondary N) is 2. The van der Waals surface area contributed by atoms with Gasteiger partial charge in [-0.1, -0.05) is 6.42 Å². The summed E-state index contributed by atoms with van der Waals surface area (Å²) in [5.74, 6) is -3.82. The molecule has 14 N–H and O–H groups in total. The third-order valence-corrected chi connectivity index (χ3v) is 12.8. The van der Waals surface area contributed by atoms with Crippen LogP contribution in [0, 0.1) is 41.4 Å². The Hall–Kier alpha value is -1.83. The summed E-state index contributed by atoms with van der Waals surface area (Å²) in [5.41, 5.74) is 10.1. The average molecular weight is 730 g/mol. The summed E-state index contributed by atoms with van der Waals surface area (Å²) < 4.78 is 18.0. The second-order valence-electron chi connectivity index (χ2n) is 15.7. The molecule has 0 aromatic carbocycles. The lowest BCUT2D eigenvalue weighted by Gasteiger charge is -2.53. The molecule has 2 heterocycles. The number of rotatable bonds is 13. The minimum atomic E-state index is -1.97. The van der Waals surface area contributed by atoms with E-state index in [4.69, 9.17) is 25.7 Å². The lowest BCUT2D eigenvalue weighted by Crippen LogP contribution is -2.94. The first-order valence-electron chi connectivity index (χ1n) is 18.9. The van der Waals surface area contributed by atoms with Crippen molar-refractivity contribution in [2.75, 3.05) is 40.5 Å². The highest BCUT2D eigenvalue weighted by atomic mass is 16.7. The van der Waals surface area contributed by atoms with Crippen molar-refractivity contribution in [1.29, 1.82) is 0 Å². The third kappa shape index (κ3) is 8.46. The fourth-order valence-electron chi connectivity index (χ4n) is 9.87. The van der Waals surface area contributed by atoms with Gasteiger partial charge in [0.1, 0.15) is 41.6 Å². The highest BCUT2D eigenvalue weighted by molar-refractivity contribution is 6.00. The fourth-order valence-corrected chi connectivity index (χ4v) is 9.87. The Morgan fingerprint density at radius 1 is 1.04 bits per heavy atom. The molecule has 11 unspecified atom stereocenters. The Labute approximate surface area is 299 Å². The summed E-state index contributed by atoms with van der Waals surface area (Å²) in [6.45, 7) is 0.505. The predicted molar refractivity (Wildman–Crippen MR) is 181 cm³/mol. The predicted octanol–water partition coefficient (Wildman–Crippen LogP) is -5.22. The van der Waals surface area contributed by atoms with Crippen LogP contribution in [0.4, 0.5) is 0 Å². The number of hydrogen-bond donors (Lipinski definition) is 11. The standard InChI is InChI=1S/C35H61N5O11/c1-38-34(37)40-15-22-18(5-3-4-10-41)12-20-27(29(22)44)30(45)26-21(28(20)43)13-19(49-2)14-23(26)50-33-31(46)32(47)35(48,24(16-42)51-33)8-6-17-7-9-39-25(36)11-17/h17-27,29,31-33,39,41-42,44,46-48H,3-16,36H2,1-2H3,(H3,37,38,40)/p+2/t17?,18?,19?,20?,21?,22?,23?,24-,25?,26?,27?,29?,31-,32-,33+,35-/m1/s1. The Morgan fingerprint density at radius 2 is 1.78 bits per heavy atom. The summed E-state index contributed by atoms with van der Waals surface area (Å²) in [5, 5.41) is 71.0. The average Bonchev–Trinajstić information content (AvgIpc) is 3.12. The normalized spacial score (nSPS) is 44.9. The van der Waals surface area contributed by atoms with E-state index in [1.165, 1.54) is 7.11 Å². The van der Waals surface area contributed by atoms with Crippen molar-refractivity contribution >= 4 is 17.5 Å². The summed E-state index contributed by atoms with van der Waals surface area (Å²) >= 11 is 0. The molecular weight excluding hydrogens is 666 g/mol. The fraction of sp³-hybridized carbons (Fsp3) is 0.914. The second kappa shape index (κ2) is 17.5. The smallest absolute Gasteiger partial charge is 0.340 e. The quantitative estimate of drug-likeness (QED) is 0.0481.